The molecule has 0 bridgehead atoms. The number of ether oxygens (including phenoxy) is 6. The van der Waals surface area contributed by atoms with Crippen molar-refractivity contribution in [1.29, 1.82) is 0 Å². The minimum atomic E-state index is -1.97. The molecule has 3 aliphatic rings. The van der Waals surface area contributed by atoms with Crippen molar-refractivity contribution in [2.45, 2.75) is 279 Å². The molecule has 472 valence electrons. The maximum Gasteiger partial charge on any atom is 0.220 e. The van der Waals surface area contributed by atoms with E-state index in [0.29, 0.717) is 19.3 Å². The number of carbonyl (C=O) groups excluding carboxylic acids is 1. The molecule has 0 aromatic rings. The van der Waals surface area contributed by atoms with Gasteiger partial charge in [-0.2, -0.15) is 0 Å². The Morgan fingerprint density at radius 3 is 1.30 bits per heavy atom. The first-order valence-electron chi connectivity index (χ1n) is 30.8. The average molecular weight is 1170 g/mol. The van der Waals surface area contributed by atoms with Crippen molar-refractivity contribution in [2.75, 3.05) is 26.4 Å². The maximum absolute atomic E-state index is 13.2. The van der Waals surface area contributed by atoms with E-state index in [2.05, 4.69) is 104 Å². The van der Waals surface area contributed by atoms with E-state index < -0.39 is 124 Å². The van der Waals surface area contributed by atoms with E-state index in [0.717, 1.165) is 96.3 Å². The van der Waals surface area contributed by atoms with E-state index in [9.17, 15) is 61.0 Å². The molecule has 0 spiro atoms. The van der Waals surface area contributed by atoms with Crippen LogP contribution in [0.3, 0.4) is 0 Å². The summed E-state index contributed by atoms with van der Waals surface area (Å²) >= 11 is 0. The Morgan fingerprint density at radius 2 is 0.841 bits per heavy atom. The molecule has 3 fully saturated rings. The first-order chi connectivity index (χ1) is 39.8. The highest BCUT2D eigenvalue weighted by Crippen LogP contribution is 2.33. The Hall–Kier alpha value is -3.03. The predicted molar refractivity (Wildman–Crippen MR) is 314 cm³/mol. The van der Waals surface area contributed by atoms with Gasteiger partial charge in [0.25, 0.3) is 0 Å². The van der Waals surface area contributed by atoms with E-state index in [4.69, 9.17) is 28.4 Å². The summed E-state index contributed by atoms with van der Waals surface area (Å²) in [5.74, 6) is -0.260. The first kappa shape index (κ1) is 73.2. The molecule has 0 saturated carbocycles. The Bertz CT molecular complexity index is 1820. The van der Waals surface area contributed by atoms with Gasteiger partial charge in [-0.25, -0.2) is 0 Å². The molecule has 3 rings (SSSR count). The fraction of sp³-hybridized carbons (Fsp3) is 0.762. The molecule has 3 heterocycles. The van der Waals surface area contributed by atoms with Crippen molar-refractivity contribution in [2.24, 2.45) is 0 Å². The lowest BCUT2D eigenvalue weighted by atomic mass is 9.96. The van der Waals surface area contributed by atoms with Crippen molar-refractivity contribution in [3.05, 3.63) is 85.1 Å². The van der Waals surface area contributed by atoms with Gasteiger partial charge >= 0.3 is 0 Å². The van der Waals surface area contributed by atoms with Crippen molar-refractivity contribution in [1.82, 2.24) is 5.32 Å². The van der Waals surface area contributed by atoms with E-state index in [-0.39, 0.29) is 18.9 Å². The zero-order chi connectivity index (χ0) is 59.7. The number of hydrogen-bond donors (Lipinski definition) is 12. The van der Waals surface area contributed by atoms with Crippen molar-refractivity contribution in [3.8, 4) is 0 Å². The molecule has 19 nitrogen and oxygen atoms in total. The third-order valence-electron chi connectivity index (χ3n) is 15.0. The van der Waals surface area contributed by atoms with Crippen molar-refractivity contribution < 1.29 is 89.4 Å². The predicted octanol–water partition coefficient (Wildman–Crippen LogP) is 5.98. The van der Waals surface area contributed by atoms with E-state index in [1.54, 1.807) is 0 Å². The Kier molecular flexibility index (Phi) is 40.5. The highest BCUT2D eigenvalue weighted by atomic mass is 16.8. The number of amides is 1. The number of unbranched alkanes of at least 4 members (excludes halogenated alkanes) is 14. The fourth-order valence-corrected chi connectivity index (χ4v) is 9.94. The minimum Gasteiger partial charge on any atom is -0.394 e. The van der Waals surface area contributed by atoms with Gasteiger partial charge in [-0.05, 0) is 70.6 Å². The molecule has 17 unspecified atom stereocenters. The molecular weight excluding hydrogens is 1060 g/mol. The quantitative estimate of drug-likeness (QED) is 0.0247. The summed E-state index contributed by atoms with van der Waals surface area (Å²) in [6.07, 6.45) is 29.2. The Labute approximate surface area is 489 Å². The monoisotopic (exact) mass is 1170 g/mol. The minimum absolute atomic E-state index is 0.255. The lowest BCUT2D eigenvalue weighted by molar-refractivity contribution is -0.379. The Balaban J connectivity index is 1.30. The molecule has 0 aromatic carbocycles. The van der Waals surface area contributed by atoms with Crippen LogP contribution in [-0.2, 0) is 33.2 Å². The first-order valence-corrected chi connectivity index (χ1v) is 30.8. The molecule has 1 amide bonds. The van der Waals surface area contributed by atoms with Gasteiger partial charge in [0.15, 0.2) is 18.9 Å². The lowest BCUT2D eigenvalue weighted by Crippen LogP contribution is -2.66. The lowest BCUT2D eigenvalue weighted by Gasteiger charge is -2.48. The van der Waals surface area contributed by atoms with Gasteiger partial charge in [-0.15, -0.1) is 0 Å². The summed E-state index contributed by atoms with van der Waals surface area (Å²) in [6.45, 7) is 1.50. The summed E-state index contributed by atoms with van der Waals surface area (Å²) in [5, 5.41) is 119. The number of rotatable bonds is 44. The van der Waals surface area contributed by atoms with Crippen LogP contribution in [0.1, 0.15) is 174 Å². The standard InChI is InChI=1S/C63H107NO18/c1-3-5-7-9-10-11-12-13-14-15-16-17-18-19-20-21-22-23-24-25-26-27-28-29-30-31-32-33-34-35-36-37-39-41-51(69)64-46(47(68)40-38-8-6-4-2)45-77-61-57(75)54(72)59(49(43-66)79-61)82-63-58(76)55(73)60(50(44-67)80-63)81-62-56(74)53(71)52(70)48(42-65)78-62/h5,7,10-11,13-14,16-17,19-20,22-23,25-26,46-50,52-63,65-68,70-76H,3-4,6,8-9,12,15,18,21,24,27-45H2,1-2H3,(H,64,69)/b7-5-,11-10-,14-13-,17-16-,20-19-,23-22-,26-25-. The summed E-state index contributed by atoms with van der Waals surface area (Å²) in [4.78, 5) is 13.2. The average Bonchev–Trinajstić information content (AvgIpc) is 3.49. The topological polar surface area (TPSA) is 307 Å². The number of allylic oxidation sites excluding steroid dienone is 14. The van der Waals surface area contributed by atoms with Crippen LogP contribution in [0.25, 0.3) is 0 Å². The number of aliphatic hydroxyl groups is 11. The number of hydrogen-bond acceptors (Lipinski definition) is 18. The number of carbonyl (C=O) groups is 1. The molecule has 12 N–H and O–H groups in total. The van der Waals surface area contributed by atoms with Gasteiger partial charge < -0.3 is 89.9 Å². The van der Waals surface area contributed by atoms with Crippen LogP contribution in [-0.4, -0.2) is 193 Å². The molecule has 0 aromatic heterocycles. The van der Waals surface area contributed by atoms with Crippen molar-refractivity contribution in [3.63, 3.8) is 0 Å². The van der Waals surface area contributed by atoms with Crippen LogP contribution in [0.4, 0.5) is 0 Å². The smallest absolute Gasteiger partial charge is 0.220 e. The molecule has 3 aliphatic heterocycles. The largest absolute Gasteiger partial charge is 0.394 e. The van der Waals surface area contributed by atoms with Gasteiger partial charge in [0.2, 0.25) is 5.91 Å². The van der Waals surface area contributed by atoms with E-state index in [1.807, 2.05) is 0 Å². The van der Waals surface area contributed by atoms with Gasteiger partial charge in [0, 0.05) is 6.42 Å². The molecule has 82 heavy (non-hydrogen) atoms. The van der Waals surface area contributed by atoms with Crippen LogP contribution >= 0.6 is 0 Å². The van der Waals surface area contributed by atoms with Gasteiger partial charge in [0.1, 0.15) is 73.2 Å². The second kappa shape index (κ2) is 45.3. The van der Waals surface area contributed by atoms with Crippen LogP contribution in [0.5, 0.6) is 0 Å². The SMILES string of the molecule is CC/C=C\C/C=C\C/C=C\C/C=C\C/C=C\C/C=C\C/C=C\CCCCCCCCCCCCCC(=O)NC(COC1OC(CO)C(OC2OC(CO)C(OC3OC(CO)C(O)C(O)C3O)C(O)C2O)C(O)C1O)C(O)CCCCCC. The van der Waals surface area contributed by atoms with Crippen LogP contribution < -0.4 is 5.32 Å². The van der Waals surface area contributed by atoms with Crippen LogP contribution in [0.15, 0.2) is 85.1 Å². The fourth-order valence-electron chi connectivity index (χ4n) is 9.94. The summed E-state index contributed by atoms with van der Waals surface area (Å²) in [7, 11) is 0. The van der Waals surface area contributed by atoms with Crippen LogP contribution in [0.2, 0.25) is 0 Å². The van der Waals surface area contributed by atoms with Crippen molar-refractivity contribution >= 4 is 5.91 Å². The third kappa shape index (κ3) is 28.4. The van der Waals surface area contributed by atoms with E-state index in [1.165, 1.54) is 38.5 Å². The second-order valence-corrected chi connectivity index (χ2v) is 21.8. The van der Waals surface area contributed by atoms with Gasteiger partial charge in [0.05, 0.1) is 38.6 Å². The zero-order valence-electron chi connectivity index (χ0n) is 49.2. The molecule has 17 atom stereocenters. The third-order valence-corrected chi connectivity index (χ3v) is 15.0. The molecule has 3 saturated heterocycles. The molecule has 0 aliphatic carbocycles. The van der Waals surface area contributed by atoms with E-state index >= 15 is 0 Å². The van der Waals surface area contributed by atoms with Gasteiger partial charge in [-0.3, -0.25) is 4.79 Å². The maximum atomic E-state index is 13.2. The summed E-state index contributed by atoms with van der Waals surface area (Å²) < 4.78 is 34.1. The zero-order valence-corrected chi connectivity index (χ0v) is 49.2. The second-order valence-electron chi connectivity index (χ2n) is 21.8. The molecule has 0 radical (unpaired) electrons. The van der Waals surface area contributed by atoms with Gasteiger partial charge in [-0.1, -0.05) is 182 Å². The highest BCUT2D eigenvalue weighted by Gasteiger charge is 2.53. The summed E-state index contributed by atoms with van der Waals surface area (Å²) in [6, 6.07) is -0.889. The molecule has 19 heteroatoms. The number of aliphatic hydroxyl groups excluding tert-OH is 11. The number of nitrogens with one attached hydrogen (secondary N) is 1. The Morgan fingerprint density at radius 1 is 0.451 bits per heavy atom. The normalized spacial score (nSPS) is 30.2. The highest BCUT2D eigenvalue weighted by molar-refractivity contribution is 5.76. The van der Waals surface area contributed by atoms with Crippen LogP contribution in [0, 0.1) is 0 Å². The summed E-state index contributed by atoms with van der Waals surface area (Å²) in [5.41, 5.74) is 0. The molecular formula is C63H107NO18.